The van der Waals surface area contributed by atoms with Gasteiger partial charge in [0.25, 0.3) is 10.0 Å². The molecule has 2 aromatic rings. The number of nitrogens with zero attached hydrogens (tertiary/aromatic N) is 1. The summed E-state index contributed by atoms with van der Waals surface area (Å²) < 4.78 is 32.5. The van der Waals surface area contributed by atoms with Crippen LogP contribution in [0.5, 0.6) is 5.75 Å². The van der Waals surface area contributed by atoms with Crippen LogP contribution in [0.1, 0.15) is 0 Å². The van der Waals surface area contributed by atoms with E-state index >= 15 is 0 Å². The van der Waals surface area contributed by atoms with E-state index in [4.69, 9.17) is 4.74 Å². The minimum Gasteiger partial charge on any atom is -0.495 e. The highest BCUT2D eigenvalue weighted by Gasteiger charge is 2.28. The lowest BCUT2D eigenvalue weighted by atomic mass is 10.3. The van der Waals surface area contributed by atoms with Gasteiger partial charge in [-0.1, -0.05) is 36.4 Å². The van der Waals surface area contributed by atoms with Crippen LogP contribution in [0.25, 0.3) is 0 Å². The maximum absolute atomic E-state index is 13.1. The summed E-state index contributed by atoms with van der Waals surface area (Å²) in [7, 11) is -2.49. The van der Waals surface area contributed by atoms with Gasteiger partial charge in [0.15, 0.2) is 0 Å². The van der Waals surface area contributed by atoms with Gasteiger partial charge in [0.1, 0.15) is 12.3 Å². The fourth-order valence-electron chi connectivity index (χ4n) is 2.23. The molecule has 0 saturated carbocycles. The number of ether oxygens (including phenoxy) is 1. The van der Waals surface area contributed by atoms with Crippen molar-refractivity contribution in [2.24, 2.45) is 0 Å². The van der Waals surface area contributed by atoms with Crippen LogP contribution in [-0.2, 0) is 14.8 Å². The topological polar surface area (TPSA) is 75.7 Å². The molecule has 0 heterocycles. The van der Waals surface area contributed by atoms with Crippen molar-refractivity contribution in [2.75, 3.05) is 24.5 Å². The molecule has 0 aliphatic carbocycles. The molecule has 0 fully saturated rings. The number of carbonyl (C=O) groups excluding carboxylic acids is 1. The van der Waals surface area contributed by atoms with Crippen molar-refractivity contribution in [3.8, 4) is 5.75 Å². The first-order valence-electron chi connectivity index (χ1n) is 7.59. The summed E-state index contributed by atoms with van der Waals surface area (Å²) in [4.78, 5) is 12.3. The highest BCUT2D eigenvalue weighted by Crippen LogP contribution is 2.31. The third kappa shape index (κ3) is 4.39. The fourth-order valence-corrected chi connectivity index (χ4v) is 3.68. The largest absolute Gasteiger partial charge is 0.495 e. The maximum Gasteiger partial charge on any atom is 0.264 e. The van der Waals surface area contributed by atoms with Gasteiger partial charge < -0.3 is 10.1 Å². The Morgan fingerprint density at radius 3 is 2.44 bits per heavy atom. The van der Waals surface area contributed by atoms with Crippen molar-refractivity contribution in [3.05, 3.63) is 67.3 Å². The molecule has 0 radical (unpaired) electrons. The number of carbonyl (C=O) groups is 1. The lowest BCUT2D eigenvalue weighted by molar-refractivity contribution is -0.119. The number of hydrogen-bond acceptors (Lipinski definition) is 4. The lowest BCUT2D eigenvalue weighted by Gasteiger charge is -2.25. The maximum atomic E-state index is 13.1. The Balaban J connectivity index is 2.49. The Bertz CT molecular complexity index is 835. The molecule has 1 amide bonds. The summed E-state index contributed by atoms with van der Waals surface area (Å²) >= 11 is 0. The molecule has 0 saturated heterocycles. The van der Waals surface area contributed by atoms with E-state index in [1.165, 1.54) is 25.3 Å². The Morgan fingerprint density at radius 1 is 1.16 bits per heavy atom. The van der Waals surface area contributed by atoms with Crippen LogP contribution in [-0.4, -0.2) is 34.5 Å². The molecule has 6 nitrogen and oxygen atoms in total. The van der Waals surface area contributed by atoms with Gasteiger partial charge in [-0.05, 0) is 24.3 Å². The Morgan fingerprint density at radius 2 is 1.80 bits per heavy atom. The van der Waals surface area contributed by atoms with E-state index < -0.39 is 15.9 Å². The van der Waals surface area contributed by atoms with Crippen molar-refractivity contribution in [1.29, 1.82) is 0 Å². The summed E-state index contributed by atoms with van der Waals surface area (Å²) in [6, 6.07) is 14.6. The summed E-state index contributed by atoms with van der Waals surface area (Å²) in [6.45, 7) is 3.41. The number of methoxy groups -OCH3 is 1. The van der Waals surface area contributed by atoms with Gasteiger partial charge in [-0.3, -0.25) is 9.10 Å². The lowest BCUT2D eigenvalue weighted by Crippen LogP contribution is -2.41. The van der Waals surface area contributed by atoms with Crippen LogP contribution in [0.2, 0.25) is 0 Å². The summed E-state index contributed by atoms with van der Waals surface area (Å²) in [6.07, 6.45) is 1.52. The number of benzene rings is 2. The molecule has 0 aliphatic rings. The number of sulfonamides is 1. The van der Waals surface area contributed by atoms with Crippen molar-refractivity contribution in [1.82, 2.24) is 5.32 Å². The average Bonchev–Trinajstić information content (AvgIpc) is 2.65. The smallest absolute Gasteiger partial charge is 0.264 e. The van der Waals surface area contributed by atoms with Gasteiger partial charge in [0.2, 0.25) is 5.91 Å². The van der Waals surface area contributed by atoms with Gasteiger partial charge in [-0.25, -0.2) is 8.42 Å². The Hall–Kier alpha value is -2.80. The molecular weight excluding hydrogens is 340 g/mol. The van der Waals surface area contributed by atoms with Crippen molar-refractivity contribution in [3.63, 3.8) is 0 Å². The van der Waals surface area contributed by atoms with E-state index in [0.717, 1.165) is 4.31 Å². The first kappa shape index (κ1) is 18.5. The third-order valence-corrected chi connectivity index (χ3v) is 5.19. The van der Waals surface area contributed by atoms with Gasteiger partial charge in [-0.15, -0.1) is 6.58 Å². The van der Waals surface area contributed by atoms with Crippen molar-refractivity contribution >= 4 is 21.6 Å². The summed E-state index contributed by atoms with van der Waals surface area (Å²) in [5.74, 6) is -0.0798. The number of nitrogens with one attached hydrogen (secondary N) is 1. The molecule has 2 rings (SSSR count). The second-order valence-corrected chi connectivity index (χ2v) is 6.95. The molecule has 2 aromatic carbocycles. The van der Waals surface area contributed by atoms with Crippen LogP contribution < -0.4 is 14.4 Å². The molecule has 132 valence electrons. The van der Waals surface area contributed by atoms with Crippen molar-refractivity contribution < 1.29 is 17.9 Å². The van der Waals surface area contributed by atoms with E-state index in [2.05, 4.69) is 11.9 Å². The molecule has 0 bridgehead atoms. The first-order valence-corrected chi connectivity index (χ1v) is 9.03. The molecule has 0 aromatic heterocycles. The van der Waals surface area contributed by atoms with Gasteiger partial charge in [-0.2, -0.15) is 0 Å². The molecule has 0 spiro atoms. The molecular formula is C18H20N2O4S. The van der Waals surface area contributed by atoms with Crippen LogP contribution in [0.4, 0.5) is 5.69 Å². The normalized spacial score (nSPS) is 10.8. The van der Waals surface area contributed by atoms with Crippen LogP contribution in [0.3, 0.4) is 0 Å². The molecule has 1 N–H and O–H groups in total. The summed E-state index contributed by atoms with van der Waals surface area (Å²) in [5, 5.41) is 2.59. The molecule has 7 heteroatoms. The van der Waals surface area contributed by atoms with E-state index in [9.17, 15) is 13.2 Å². The SMILES string of the molecule is C=CCNC(=O)CN(c1ccccc1OC)S(=O)(=O)c1ccccc1. The number of rotatable bonds is 8. The number of hydrogen-bond donors (Lipinski definition) is 1. The van der Waals surface area contributed by atoms with E-state index in [1.807, 2.05) is 0 Å². The van der Waals surface area contributed by atoms with E-state index in [0.29, 0.717) is 11.4 Å². The van der Waals surface area contributed by atoms with Crippen molar-refractivity contribution in [2.45, 2.75) is 4.90 Å². The number of para-hydroxylation sites is 2. The molecule has 25 heavy (non-hydrogen) atoms. The predicted octanol–water partition coefficient (Wildman–Crippen LogP) is 2.19. The van der Waals surface area contributed by atoms with Crippen LogP contribution in [0.15, 0.2) is 72.1 Å². The third-order valence-electron chi connectivity index (χ3n) is 3.42. The first-order chi connectivity index (χ1) is 12.0. The summed E-state index contributed by atoms with van der Waals surface area (Å²) in [5.41, 5.74) is 0.294. The Labute approximate surface area is 147 Å². The van der Waals surface area contributed by atoms with E-state index in [-0.39, 0.29) is 18.0 Å². The fraction of sp³-hybridized carbons (Fsp3) is 0.167. The minimum absolute atomic E-state index is 0.0948. The predicted molar refractivity (Wildman–Crippen MR) is 97.2 cm³/mol. The zero-order chi connectivity index (χ0) is 18.3. The average molecular weight is 360 g/mol. The molecule has 0 unspecified atom stereocenters. The zero-order valence-electron chi connectivity index (χ0n) is 13.9. The van der Waals surface area contributed by atoms with Gasteiger partial charge >= 0.3 is 0 Å². The van der Waals surface area contributed by atoms with Gasteiger partial charge in [0.05, 0.1) is 17.7 Å². The standard InChI is InChI=1S/C18H20N2O4S/c1-3-13-19-18(21)14-20(16-11-7-8-12-17(16)24-2)25(22,23)15-9-5-4-6-10-15/h3-12H,1,13-14H2,2H3,(H,19,21). The second kappa shape index (κ2) is 8.34. The molecule has 0 atom stereocenters. The van der Waals surface area contributed by atoms with Gasteiger partial charge in [0, 0.05) is 6.54 Å². The van der Waals surface area contributed by atoms with E-state index in [1.54, 1.807) is 42.5 Å². The second-order valence-electron chi connectivity index (χ2n) is 5.09. The molecule has 0 aliphatic heterocycles. The number of amides is 1. The Kier molecular flexibility index (Phi) is 6.19. The highest BCUT2D eigenvalue weighted by molar-refractivity contribution is 7.92. The highest BCUT2D eigenvalue weighted by atomic mass is 32.2. The quantitative estimate of drug-likeness (QED) is 0.732. The zero-order valence-corrected chi connectivity index (χ0v) is 14.7. The number of anilines is 1. The van der Waals surface area contributed by atoms with Crippen LogP contribution >= 0.6 is 0 Å². The van der Waals surface area contributed by atoms with Crippen LogP contribution in [0, 0.1) is 0 Å². The minimum atomic E-state index is -3.94. The monoisotopic (exact) mass is 360 g/mol.